The second-order valence-corrected chi connectivity index (χ2v) is 4.04. The third-order valence-corrected chi connectivity index (χ3v) is 1.46. The van der Waals surface area contributed by atoms with Crippen molar-refractivity contribution in [2.24, 2.45) is 12.0 Å². The number of aromatic nitrogens is 1. The largest absolute Gasteiger partial charge is 0.357 e. The van der Waals surface area contributed by atoms with E-state index < -0.39 is 0 Å². The monoisotopic (exact) mass is 164 g/mol. The van der Waals surface area contributed by atoms with Gasteiger partial charge in [-0.3, -0.25) is 4.99 Å². The van der Waals surface area contributed by atoms with Crippen molar-refractivity contribution in [3.63, 3.8) is 0 Å². The van der Waals surface area contributed by atoms with Gasteiger partial charge in [0.2, 0.25) is 0 Å². The number of rotatable bonds is 1. The van der Waals surface area contributed by atoms with Crippen molar-refractivity contribution in [3.8, 4) is 0 Å². The lowest BCUT2D eigenvalue weighted by Crippen LogP contribution is -2.09. The highest BCUT2D eigenvalue weighted by molar-refractivity contribution is 5.79. The number of hydrogen-bond donors (Lipinski definition) is 0. The van der Waals surface area contributed by atoms with Gasteiger partial charge in [-0.05, 0) is 26.8 Å². The van der Waals surface area contributed by atoms with E-state index in [1.807, 2.05) is 24.0 Å². The van der Waals surface area contributed by atoms with Gasteiger partial charge in [0.15, 0.2) is 0 Å². The van der Waals surface area contributed by atoms with Crippen LogP contribution in [0.3, 0.4) is 0 Å². The predicted molar refractivity (Wildman–Crippen MR) is 52.8 cm³/mol. The quantitative estimate of drug-likeness (QED) is 0.566. The number of nitrogens with zero attached hydrogens (tertiary/aromatic N) is 2. The number of aliphatic imine (C=N–C) groups is 1. The van der Waals surface area contributed by atoms with Gasteiger partial charge in [-0.15, -0.1) is 0 Å². The highest BCUT2D eigenvalue weighted by atomic mass is 14.9. The van der Waals surface area contributed by atoms with E-state index in [1.165, 1.54) is 0 Å². The molecule has 0 bridgehead atoms. The molecule has 0 unspecified atom stereocenters. The van der Waals surface area contributed by atoms with Gasteiger partial charge < -0.3 is 4.57 Å². The summed E-state index contributed by atoms with van der Waals surface area (Å²) in [6.07, 6.45) is 5.99. The molecule has 1 aromatic rings. The summed E-state index contributed by atoms with van der Waals surface area (Å²) in [5.74, 6) is 0. The second-order valence-electron chi connectivity index (χ2n) is 4.04. The molecule has 0 N–H and O–H groups in total. The fourth-order valence-corrected chi connectivity index (χ4v) is 0.869. The maximum absolute atomic E-state index is 4.40. The van der Waals surface area contributed by atoms with Crippen molar-refractivity contribution in [2.75, 3.05) is 0 Å². The maximum atomic E-state index is 4.40. The Bertz CT molecular complexity index is 276. The van der Waals surface area contributed by atoms with Gasteiger partial charge in [0.1, 0.15) is 0 Å². The molecule has 12 heavy (non-hydrogen) atoms. The molecule has 0 radical (unpaired) electrons. The van der Waals surface area contributed by atoms with E-state index >= 15 is 0 Å². The summed E-state index contributed by atoms with van der Waals surface area (Å²) in [5.41, 5.74) is 1.18. The van der Waals surface area contributed by atoms with Crippen LogP contribution in [0.25, 0.3) is 0 Å². The van der Waals surface area contributed by atoms with Crippen LogP contribution in [0.2, 0.25) is 0 Å². The van der Waals surface area contributed by atoms with Gasteiger partial charge in [0, 0.05) is 31.2 Å². The first kappa shape index (κ1) is 9.04. The Balaban J connectivity index is 2.70. The summed E-state index contributed by atoms with van der Waals surface area (Å²) < 4.78 is 2.02. The third kappa shape index (κ3) is 2.91. The third-order valence-electron chi connectivity index (χ3n) is 1.46. The standard InChI is InChI=1S/C10H16N2/c1-10(2,3)11-7-9-5-6-12(4)8-9/h5-8H,1-4H3. The lowest BCUT2D eigenvalue weighted by atomic mass is 10.1. The molecule has 0 aliphatic rings. The van der Waals surface area contributed by atoms with E-state index in [-0.39, 0.29) is 5.54 Å². The minimum atomic E-state index is 0.0237. The first-order valence-corrected chi connectivity index (χ1v) is 4.14. The van der Waals surface area contributed by atoms with Crippen LogP contribution in [-0.2, 0) is 7.05 Å². The smallest absolute Gasteiger partial charge is 0.0524 e. The molecule has 1 heterocycles. The maximum Gasteiger partial charge on any atom is 0.0524 e. The van der Waals surface area contributed by atoms with Crippen LogP contribution in [-0.4, -0.2) is 16.3 Å². The zero-order valence-corrected chi connectivity index (χ0v) is 8.20. The van der Waals surface area contributed by atoms with Crippen molar-refractivity contribution < 1.29 is 0 Å². The fourth-order valence-electron chi connectivity index (χ4n) is 0.869. The van der Waals surface area contributed by atoms with Crippen molar-refractivity contribution in [1.82, 2.24) is 4.57 Å². The molecule has 0 spiro atoms. The van der Waals surface area contributed by atoms with Gasteiger partial charge in [-0.25, -0.2) is 0 Å². The average Bonchev–Trinajstić information content (AvgIpc) is 2.30. The lowest BCUT2D eigenvalue weighted by Gasteiger charge is -2.09. The van der Waals surface area contributed by atoms with Crippen LogP contribution < -0.4 is 0 Å². The topological polar surface area (TPSA) is 17.3 Å². The zero-order valence-electron chi connectivity index (χ0n) is 8.20. The fraction of sp³-hybridized carbons (Fsp3) is 0.500. The van der Waals surface area contributed by atoms with E-state index in [9.17, 15) is 0 Å². The van der Waals surface area contributed by atoms with E-state index in [4.69, 9.17) is 0 Å². The van der Waals surface area contributed by atoms with Crippen LogP contribution in [0.4, 0.5) is 0 Å². The Morgan fingerprint density at radius 1 is 1.42 bits per heavy atom. The lowest BCUT2D eigenvalue weighted by molar-refractivity contribution is 0.586. The summed E-state index contributed by atoms with van der Waals surface area (Å²) >= 11 is 0. The minimum Gasteiger partial charge on any atom is -0.357 e. The molecule has 0 aliphatic carbocycles. The molecule has 0 saturated heterocycles. The molecule has 66 valence electrons. The Labute approximate surface area is 73.9 Å². The van der Waals surface area contributed by atoms with Crippen molar-refractivity contribution in [3.05, 3.63) is 24.0 Å². The van der Waals surface area contributed by atoms with Crippen LogP contribution in [0.15, 0.2) is 23.5 Å². The zero-order chi connectivity index (χ0) is 9.19. The second kappa shape index (κ2) is 3.13. The van der Waals surface area contributed by atoms with Crippen LogP contribution in [0.5, 0.6) is 0 Å². The number of hydrogen-bond acceptors (Lipinski definition) is 1. The highest BCUT2D eigenvalue weighted by Crippen LogP contribution is 2.06. The first-order chi connectivity index (χ1) is 5.47. The van der Waals surface area contributed by atoms with E-state index in [0.29, 0.717) is 0 Å². The molecular weight excluding hydrogens is 148 g/mol. The Kier molecular flexibility index (Phi) is 2.36. The van der Waals surface area contributed by atoms with E-state index in [2.05, 4.69) is 38.0 Å². The average molecular weight is 164 g/mol. The summed E-state index contributed by atoms with van der Waals surface area (Å²) in [5, 5.41) is 0. The predicted octanol–water partition coefficient (Wildman–Crippen LogP) is 2.24. The highest BCUT2D eigenvalue weighted by Gasteiger charge is 2.04. The summed E-state index contributed by atoms with van der Waals surface area (Å²) in [6, 6.07) is 2.05. The number of aryl methyl sites for hydroxylation is 1. The summed E-state index contributed by atoms with van der Waals surface area (Å²) in [6.45, 7) is 6.27. The minimum absolute atomic E-state index is 0.0237. The molecule has 0 saturated carbocycles. The van der Waals surface area contributed by atoms with Gasteiger partial charge in [0.05, 0.1) is 5.54 Å². The molecular formula is C10H16N2. The van der Waals surface area contributed by atoms with Gasteiger partial charge in [-0.1, -0.05) is 0 Å². The molecule has 1 rings (SSSR count). The van der Waals surface area contributed by atoms with Crippen LogP contribution >= 0.6 is 0 Å². The van der Waals surface area contributed by atoms with Crippen molar-refractivity contribution in [1.29, 1.82) is 0 Å². The summed E-state index contributed by atoms with van der Waals surface area (Å²) in [4.78, 5) is 4.40. The van der Waals surface area contributed by atoms with Gasteiger partial charge in [0.25, 0.3) is 0 Å². The molecule has 0 atom stereocenters. The van der Waals surface area contributed by atoms with Crippen LogP contribution in [0.1, 0.15) is 26.3 Å². The molecule has 0 amide bonds. The van der Waals surface area contributed by atoms with Crippen molar-refractivity contribution in [2.45, 2.75) is 26.3 Å². The Morgan fingerprint density at radius 3 is 2.50 bits per heavy atom. The normalized spacial score (nSPS) is 12.7. The first-order valence-electron chi connectivity index (χ1n) is 4.14. The Hall–Kier alpha value is -1.05. The van der Waals surface area contributed by atoms with Crippen molar-refractivity contribution >= 4 is 6.21 Å². The van der Waals surface area contributed by atoms with Crippen LogP contribution in [0, 0.1) is 0 Å². The van der Waals surface area contributed by atoms with Gasteiger partial charge >= 0.3 is 0 Å². The SMILES string of the molecule is Cn1ccc(C=NC(C)(C)C)c1. The molecule has 1 aromatic heterocycles. The molecule has 0 fully saturated rings. The molecule has 0 aromatic carbocycles. The molecule has 0 aliphatic heterocycles. The summed E-state index contributed by atoms with van der Waals surface area (Å²) in [7, 11) is 2.01. The van der Waals surface area contributed by atoms with E-state index in [1.54, 1.807) is 0 Å². The molecule has 2 nitrogen and oxygen atoms in total. The molecule has 2 heteroatoms. The van der Waals surface area contributed by atoms with E-state index in [0.717, 1.165) is 5.56 Å². The Morgan fingerprint density at radius 2 is 2.08 bits per heavy atom. The van der Waals surface area contributed by atoms with Gasteiger partial charge in [-0.2, -0.15) is 0 Å².